The van der Waals surface area contributed by atoms with E-state index in [1.807, 2.05) is 29.6 Å². The van der Waals surface area contributed by atoms with Crippen LogP contribution in [0.3, 0.4) is 0 Å². The maximum atomic E-state index is 11.7. The molecule has 3 nitrogen and oxygen atoms in total. The van der Waals surface area contributed by atoms with Crippen molar-refractivity contribution in [2.24, 2.45) is 0 Å². The number of para-hydroxylation sites is 2. The molecule has 1 N–H and O–H groups in total. The molecule has 18 heavy (non-hydrogen) atoms. The molecule has 0 unspecified atom stereocenters. The van der Waals surface area contributed by atoms with Crippen LogP contribution in [-0.4, -0.2) is 13.0 Å². The Morgan fingerprint density at radius 2 is 2.11 bits per heavy atom. The lowest BCUT2D eigenvalue weighted by Crippen LogP contribution is -2.08. The van der Waals surface area contributed by atoms with Crippen LogP contribution in [0.25, 0.3) is 6.08 Å². The molecule has 0 radical (unpaired) electrons. The Kier molecular flexibility index (Phi) is 4.15. The van der Waals surface area contributed by atoms with Crippen LogP contribution >= 0.6 is 11.3 Å². The van der Waals surface area contributed by atoms with E-state index in [-0.39, 0.29) is 5.91 Å². The Morgan fingerprint density at radius 1 is 1.28 bits per heavy atom. The fourth-order valence-electron chi connectivity index (χ4n) is 1.47. The predicted molar refractivity (Wildman–Crippen MR) is 75.0 cm³/mol. The number of rotatable bonds is 4. The molecule has 1 aromatic carbocycles. The Morgan fingerprint density at radius 3 is 2.83 bits per heavy atom. The summed E-state index contributed by atoms with van der Waals surface area (Å²) < 4.78 is 5.16. The van der Waals surface area contributed by atoms with Crippen molar-refractivity contribution in [3.8, 4) is 5.75 Å². The van der Waals surface area contributed by atoms with Gasteiger partial charge in [-0.2, -0.15) is 0 Å². The molecule has 0 fully saturated rings. The summed E-state index contributed by atoms with van der Waals surface area (Å²) in [6.45, 7) is 0. The number of anilines is 1. The van der Waals surface area contributed by atoms with Gasteiger partial charge in [-0.3, -0.25) is 4.79 Å². The third-order valence-electron chi connectivity index (χ3n) is 2.31. The Labute approximate surface area is 110 Å². The summed E-state index contributed by atoms with van der Waals surface area (Å²) in [5.41, 5.74) is 0.667. The van der Waals surface area contributed by atoms with Crippen molar-refractivity contribution in [1.29, 1.82) is 0 Å². The van der Waals surface area contributed by atoms with Gasteiger partial charge in [-0.25, -0.2) is 0 Å². The topological polar surface area (TPSA) is 38.3 Å². The summed E-state index contributed by atoms with van der Waals surface area (Å²) in [6.07, 6.45) is 3.30. The minimum Gasteiger partial charge on any atom is -0.495 e. The Balaban J connectivity index is 2.03. The molecule has 0 aliphatic rings. The van der Waals surface area contributed by atoms with Crippen molar-refractivity contribution >= 4 is 29.0 Å². The van der Waals surface area contributed by atoms with E-state index in [2.05, 4.69) is 5.32 Å². The van der Waals surface area contributed by atoms with Gasteiger partial charge in [0.25, 0.3) is 0 Å². The molecule has 2 rings (SSSR count). The van der Waals surface area contributed by atoms with E-state index in [1.165, 1.54) is 6.08 Å². The van der Waals surface area contributed by atoms with Crippen LogP contribution in [-0.2, 0) is 4.79 Å². The Bertz CT molecular complexity index is 547. The monoisotopic (exact) mass is 259 g/mol. The van der Waals surface area contributed by atoms with Crippen molar-refractivity contribution < 1.29 is 9.53 Å². The molecular formula is C14H13NO2S. The van der Waals surface area contributed by atoms with Gasteiger partial charge in [0.05, 0.1) is 12.8 Å². The second-order valence-corrected chi connectivity index (χ2v) is 4.52. The van der Waals surface area contributed by atoms with Crippen LogP contribution in [0, 0.1) is 0 Å². The quantitative estimate of drug-likeness (QED) is 0.854. The van der Waals surface area contributed by atoms with Gasteiger partial charge in [-0.15, -0.1) is 11.3 Å². The molecule has 0 saturated carbocycles. The standard InChI is InChI=1S/C14H13NO2S/c1-17-13-7-3-2-6-12(13)15-14(16)9-8-11-5-4-10-18-11/h2-10H,1H3,(H,15,16)/b9-8+. The van der Waals surface area contributed by atoms with Gasteiger partial charge < -0.3 is 10.1 Å². The van der Waals surface area contributed by atoms with Crippen molar-refractivity contribution in [2.45, 2.75) is 0 Å². The van der Waals surface area contributed by atoms with E-state index in [4.69, 9.17) is 4.74 Å². The smallest absolute Gasteiger partial charge is 0.248 e. The van der Waals surface area contributed by atoms with E-state index in [1.54, 1.807) is 36.7 Å². The van der Waals surface area contributed by atoms with Gasteiger partial charge in [0.1, 0.15) is 5.75 Å². The molecule has 1 heterocycles. The number of thiophene rings is 1. The van der Waals surface area contributed by atoms with E-state index < -0.39 is 0 Å². The largest absolute Gasteiger partial charge is 0.495 e. The number of carbonyl (C=O) groups is 1. The molecule has 2 aromatic rings. The molecule has 0 spiro atoms. The number of nitrogens with one attached hydrogen (secondary N) is 1. The third-order valence-corrected chi connectivity index (χ3v) is 3.14. The molecular weight excluding hydrogens is 246 g/mol. The van der Waals surface area contributed by atoms with E-state index in [0.29, 0.717) is 11.4 Å². The molecule has 4 heteroatoms. The van der Waals surface area contributed by atoms with Gasteiger partial charge in [0.2, 0.25) is 5.91 Å². The summed E-state index contributed by atoms with van der Waals surface area (Å²) in [7, 11) is 1.58. The zero-order valence-electron chi connectivity index (χ0n) is 9.92. The first-order valence-corrected chi connectivity index (χ1v) is 6.33. The number of carbonyl (C=O) groups excluding carboxylic acids is 1. The maximum Gasteiger partial charge on any atom is 0.248 e. The normalized spacial score (nSPS) is 10.5. The van der Waals surface area contributed by atoms with Crippen LogP contribution in [0.1, 0.15) is 4.88 Å². The molecule has 0 aliphatic carbocycles. The molecule has 0 bridgehead atoms. The zero-order valence-corrected chi connectivity index (χ0v) is 10.7. The van der Waals surface area contributed by atoms with Crippen LogP contribution in [0.4, 0.5) is 5.69 Å². The van der Waals surface area contributed by atoms with Gasteiger partial charge in [-0.1, -0.05) is 18.2 Å². The lowest BCUT2D eigenvalue weighted by molar-refractivity contribution is -0.111. The van der Waals surface area contributed by atoms with Crippen LogP contribution < -0.4 is 10.1 Å². The predicted octanol–water partition coefficient (Wildman–Crippen LogP) is 3.41. The van der Waals surface area contributed by atoms with E-state index in [0.717, 1.165) is 4.88 Å². The number of benzene rings is 1. The molecule has 0 aliphatic heterocycles. The minimum absolute atomic E-state index is 0.173. The maximum absolute atomic E-state index is 11.7. The lowest BCUT2D eigenvalue weighted by atomic mass is 10.3. The fraction of sp³-hybridized carbons (Fsp3) is 0.0714. The van der Waals surface area contributed by atoms with Crippen molar-refractivity contribution in [1.82, 2.24) is 0 Å². The SMILES string of the molecule is COc1ccccc1NC(=O)/C=C/c1cccs1. The lowest BCUT2D eigenvalue weighted by Gasteiger charge is -2.07. The first kappa shape index (κ1) is 12.4. The first-order chi connectivity index (χ1) is 8.79. The highest BCUT2D eigenvalue weighted by Gasteiger charge is 2.03. The van der Waals surface area contributed by atoms with Crippen molar-refractivity contribution in [3.63, 3.8) is 0 Å². The number of hydrogen-bond donors (Lipinski definition) is 1. The second-order valence-electron chi connectivity index (χ2n) is 3.54. The van der Waals surface area contributed by atoms with Gasteiger partial charge >= 0.3 is 0 Å². The average Bonchev–Trinajstić information content (AvgIpc) is 2.90. The molecule has 1 amide bonds. The first-order valence-electron chi connectivity index (χ1n) is 5.45. The van der Waals surface area contributed by atoms with Crippen LogP contribution in [0.15, 0.2) is 47.9 Å². The van der Waals surface area contributed by atoms with Crippen LogP contribution in [0.5, 0.6) is 5.75 Å². The summed E-state index contributed by atoms with van der Waals surface area (Å²) in [6, 6.07) is 11.2. The molecule has 1 aromatic heterocycles. The molecule has 0 saturated heterocycles. The Hall–Kier alpha value is -2.07. The highest BCUT2D eigenvalue weighted by molar-refractivity contribution is 7.10. The number of amides is 1. The summed E-state index contributed by atoms with van der Waals surface area (Å²) in [5, 5.41) is 4.75. The third kappa shape index (κ3) is 3.21. The highest BCUT2D eigenvalue weighted by Crippen LogP contribution is 2.22. The average molecular weight is 259 g/mol. The number of ether oxygens (including phenoxy) is 1. The summed E-state index contributed by atoms with van der Waals surface area (Å²) in [5.74, 6) is 0.475. The number of hydrogen-bond acceptors (Lipinski definition) is 3. The highest BCUT2D eigenvalue weighted by atomic mass is 32.1. The van der Waals surface area contributed by atoms with Crippen molar-refractivity contribution in [3.05, 3.63) is 52.7 Å². The second kappa shape index (κ2) is 6.02. The zero-order chi connectivity index (χ0) is 12.8. The van der Waals surface area contributed by atoms with E-state index in [9.17, 15) is 4.79 Å². The van der Waals surface area contributed by atoms with Gasteiger partial charge in [-0.05, 0) is 29.7 Å². The molecule has 0 atom stereocenters. The fourth-order valence-corrected chi connectivity index (χ4v) is 2.08. The van der Waals surface area contributed by atoms with E-state index >= 15 is 0 Å². The summed E-state index contributed by atoms with van der Waals surface area (Å²) >= 11 is 1.59. The minimum atomic E-state index is -0.173. The van der Waals surface area contributed by atoms with Gasteiger partial charge in [0, 0.05) is 11.0 Å². The van der Waals surface area contributed by atoms with Crippen molar-refractivity contribution in [2.75, 3.05) is 12.4 Å². The summed E-state index contributed by atoms with van der Waals surface area (Å²) in [4.78, 5) is 12.8. The molecule has 92 valence electrons. The number of methoxy groups -OCH3 is 1. The van der Waals surface area contributed by atoms with Gasteiger partial charge in [0.15, 0.2) is 0 Å². The van der Waals surface area contributed by atoms with Crippen LogP contribution in [0.2, 0.25) is 0 Å².